The molecule has 5 heteroatoms. The molecule has 0 aliphatic carbocycles. The molecule has 4 nitrogen and oxygen atoms in total. The number of nitrogens with zero attached hydrogens (tertiary/aromatic N) is 4. The molecule has 0 saturated carbocycles. The topological polar surface area (TPSA) is 51.6 Å². The molecule has 0 bridgehead atoms. The number of fused-ring (bicyclic) bond motifs is 4. The predicted molar refractivity (Wildman–Crippen MR) is 101 cm³/mol. The summed E-state index contributed by atoms with van der Waals surface area (Å²) in [5.41, 5.74) is 2.82. The van der Waals surface area contributed by atoms with Gasteiger partial charge in [0.1, 0.15) is 11.2 Å². The van der Waals surface area contributed by atoms with Crippen molar-refractivity contribution in [1.82, 2.24) is 19.9 Å². The molecule has 0 spiro atoms. The van der Waals surface area contributed by atoms with E-state index in [0.717, 1.165) is 16.3 Å². The Bertz CT molecular complexity index is 1270. The van der Waals surface area contributed by atoms with E-state index in [-0.39, 0.29) is 5.28 Å². The molecule has 2 heterocycles. The second kappa shape index (κ2) is 5.46. The van der Waals surface area contributed by atoms with Crippen LogP contribution >= 0.6 is 11.6 Å². The van der Waals surface area contributed by atoms with Crippen LogP contribution < -0.4 is 0 Å². The number of hydrogen-bond acceptors (Lipinski definition) is 4. The highest BCUT2D eigenvalue weighted by molar-refractivity contribution is 6.29. The largest absolute Gasteiger partial charge is 0.249 e. The van der Waals surface area contributed by atoms with Crippen molar-refractivity contribution in [2.24, 2.45) is 0 Å². The van der Waals surface area contributed by atoms with Gasteiger partial charge in [0, 0.05) is 18.0 Å². The fourth-order valence-corrected chi connectivity index (χ4v) is 3.44. The molecule has 0 saturated heterocycles. The maximum absolute atomic E-state index is 6.15. The normalized spacial score (nSPS) is 11.4. The van der Waals surface area contributed by atoms with Gasteiger partial charge in [-0.05, 0) is 39.2 Å². The van der Waals surface area contributed by atoms with Crippen molar-refractivity contribution in [3.8, 4) is 11.3 Å². The zero-order valence-electron chi connectivity index (χ0n) is 13.0. The maximum Gasteiger partial charge on any atom is 0.225 e. The van der Waals surface area contributed by atoms with E-state index >= 15 is 0 Å². The molecule has 5 rings (SSSR count). The van der Waals surface area contributed by atoms with E-state index in [0.29, 0.717) is 16.9 Å². The van der Waals surface area contributed by atoms with Crippen LogP contribution in [0.15, 0.2) is 67.0 Å². The van der Waals surface area contributed by atoms with Crippen molar-refractivity contribution in [1.29, 1.82) is 0 Å². The lowest BCUT2D eigenvalue weighted by Crippen LogP contribution is -1.96. The molecule has 0 unspecified atom stereocenters. The van der Waals surface area contributed by atoms with Gasteiger partial charge in [-0.1, -0.05) is 48.5 Å². The standard InChI is InChI=1S/C20H11ClN4/c21-20-24-17(18-19(25-20)23-10-9-22-18)16-11-12-5-1-2-6-13(12)14-7-3-4-8-15(14)16/h1-11H. The van der Waals surface area contributed by atoms with Crippen LogP contribution in [0.2, 0.25) is 5.28 Å². The molecule has 0 N–H and O–H groups in total. The highest BCUT2D eigenvalue weighted by atomic mass is 35.5. The van der Waals surface area contributed by atoms with Crippen molar-refractivity contribution in [3.63, 3.8) is 0 Å². The Hall–Kier alpha value is -3.11. The molecule has 5 aromatic rings. The van der Waals surface area contributed by atoms with Gasteiger partial charge in [0.05, 0.1) is 0 Å². The first-order valence-electron chi connectivity index (χ1n) is 7.86. The molecule has 3 aromatic carbocycles. The number of aromatic nitrogens is 4. The van der Waals surface area contributed by atoms with E-state index in [1.165, 1.54) is 10.8 Å². The SMILES string of the molecule is Clc1nc(-c2cc3ccccc3c3ccccc23)c2nccnc2n1. The molecule has 0 radical (unpaired) electrons. The zero-order valence-corrected chi connectivity index (χ0v) is 13.8. The first kappa shape index (κ1) is 14.3. The Morgan fingerprint density at radius 3 is 2.32 bits per heavy atom. The highest BCUT2D eigenvalue weighted by Gasteiger charge is 2.15. The summed E-state index contributed by atoms with van der Waals surface area (Å²) in [5.74, 6) is 0. The maximum atomic E-state index is 6.15. The van der Waals surface area contributed by atoms with Gasteiger partial charge in [0.25, 0.3) is 0 Å². The Kier molecular flexibility index (Phi) is 3.11. The molecule has 0 amide bonds. The first-order chi connectivity index (χ1) is 12.3. The summed E-state index contributed by atoms with van der Waals surface area (Å²) in [7, 11) is 0. The smallest absolute Gasteiger partial charge is 0.225 e. The Morgan fingerprint density at radius 1 is 0.720 bits per heavy atom. The quantitative estimate of drug-likeness (QED) is 0.316. The fraction of sp³-hybridized carbons (Fsp3) is 0. The number of rotatable bonds is 1. The molecule has 0 aliphatic rings. The molecule has 0 atom stereocenters. The van der Waals surface area contributed by atoms with Crippen LogP contribution in [0.25, 0.3) is 44.0 Å². The average molecular weight is 343 g/mol. The summed E-state index contributed by atoms with van der Waals surface area (Å²) in [6.45, 7) is 0. The summed E-state index contributed by atoms with van der Waals surface area (Å²) in [6, 6.07) is 18.7. The molecule has 118 valence electrons. The van der Waals surface area contributed by atoms with Crippen LogP contribution in [0.4, 0.5) is 0 Å². The lowest BCUT2D eigenvalue weighted by molar-refractivity contribution is 1.15. The second-order valence-electron chi connectivity index (χ2n) is 5.76. The molecular weight excluding hydrogens is 332 g/mol. The van der Waals surface area contributed by atoms with Gasteiger partial charge in [0.2, 0.25) is 5.28 Å². The Labute approximate surface area is 148 Å². The van der Waals surface area contributed by atoms with Crippen LogP contribution in [-0.4, -0.2) is 19.9 Å². The van der Waals surface area contributed by atoms with Gasteiger partial charge in [-0.25, -0.2) is 15.0 Å². The van der Waals surface area contributed by atoms with E-state index < -0.39 is 0 Å². The van der Waals surface area contributed by atoms with Gasteiger partial charge in [0.15, 0.2) is 5.65 Å². The van der Waals surface area contributed by atoms with Crippen molar-refractivity contribution in [2.45, 2.75) is 0 Å². The third-order valence-corrected chi connectivity index (χ3v) is 4.50. The van der Waals surface area contributed by atoms with Crippen LogP contribution in [0, 0.1) is 0 Å². The number of halogens is 1. The first-order valence-corrected chi connectivity index (χ1v) is 8.24. The minimum absolute atomic E-state index is 0.167. The minimum atomic E-state index is 0.167. The Balaban J connectivity index is 1.99. The van der Waals surface area contributed by atoms with Crippen molar-refractivity contribution in [3.05, 3.63) is 72.3 Å². The van der Waals surface area contributed by atoms with Crippen molar-refractivity contribution < 1.29 is 0 Å². The van der Waals surface area contributed by atoms with Crippen LogP contribution in [0.5, 0.6) is 0 Å². The molecule has 0 aliphatic heterocycles. The summed E-state index contributed by atoms with van der Waals surface area (Å²) >= 11 is 6.15. The van der Waals surface area contributed by atoms with E-state index in [1.54, 1.807) is 12.4 Å². The fourth-order valence-electron chi connectivity index (χ4n) is 3.28. The third-order valence-electron chi connectivity index (χ3n) is 4.33. The lowest BCUT2D eigenvalue weighted by Gasteiger charge is -2.11. The monoisotopic (exact) mass is 342 g/mol. The third kappa shape index (κ3) is 2.22. The molecular formula is C20H11ClN4. The average Bonchev–Trinajstić information content (AvgIpc) is 2.66. The van der Waals surface area contributed by atoms with Gasteiger partial charge in [-0.15, -0.1) is 0 Å². The van der Waals surface area contributed by atoms with Gasteiger partial charge < -0.3 is 0 Å². The summed E-state index contributed by atoms with van der Waals surface area (Å²) in [5, 5.41) is 4.78. The highest BCUT2D eigenvalue weighted by Crippen LogP contribution is 2.36. The summed E-state index contributed by atoms with van der Waals surface area (Å²) < 4.78 is 0. The van der Waals surface area contributed by atoms with E-state index in [4.69, 9.17) is 11.6 Å². The predicted octanol–water partition coefficient (Wildman–Crippen LogP) is 5.05. The van der Waals surface area contributed by atoms with E-state index in [1.807, 2.05) is 18.2 Å². The molecule has 0 fully saturated rings. The Morgan fingerprint density at radius 2 is 1.44 bits per heavy atom. The molecule has 25 heavy (non-hydrogen) atoms. The number of hydrogen-bond donors (Lipinski definition) is 0. The lowest BCUT2D eigenvalue weighted by atomic mass is 9.95. The van der Waals surface area contributed by atoms with Gasteiger partial charge >= 0.3 is 0 Å². The zero-order chi connectivity index (χ0) is 16.8. The van der Waals surface area contributed by atoms with Gasteiger partial charge in [-0.3, -0.25) is 0 Å². The van der Waals surface area contributed by atoms with Crippen molar-refractivity contribution in [2.75, 3.05) is 0 Å². The summed E-state index contributed by atoms with van der Waals surface area (Å²) in [6.07, 6.45) is 3.25. The number of benzene rings is 3. The van der Waals surface area contributed by atoms with E-state index in [9.17, 15) is 0 Å². The van der Waals surface area contributed by atoms with Crippen LogP contribution in [-0.2, 0) is 0 Å². The van der Waals surface area contributed by atoms with Gasteiger partial charge in [-0.2, -0.15) is 4.98 Å². The minimum Gasteiger partial charge on any atom is -0.249 e. The van der Waals surface area contributed by atoms with E-state index in [2.05, 4.69) is 56.3 Å². The molecule has 2 aromatic heterocycles. The second-order valence-corrected chi connectivity index (χ2v) is 6.10. The summed E-state index contributed by atoms with van der Waals surface area (Å²) in [4.78, 5) is 17.4. The van der Waals surface area contributed by atoms with Crippen LogP contribution in [0.3, 0.4) is 0 Å². The van der Waals surface area contributed by atoms with Crippen molar-refractivity contribution >= 4 is 44.3 Å². The van der Waals surface area contributed by atoms with Crippen LogP contribution in [0.1, 0.15) is 0 Å².